The predicted molar refractivity (Wildman–Crippen MR) is 128 cm³/mol. The van der Waals surface area contributed by atoms with Crippen LogP contribution in [0.2, 0.25) is 0 Å². The van der Waals surface area contributed by atoms with E-state index in [1.165, 1.54) is 6.07 Å². The third kappa shape index (κ3) is 4.57. The van der Waals surface area contributed by atoms with E-state index in [0.717, 1.165) is 28.2 Å². The number of rotatable bonds is 6. The monoisotopic (exact) mass is 427 g/mol. The van der Waals surface area contributed by atoms with E-state index in [9.17, 15) is 10.2 Å². The zero-order chi connectivity index (χ0) is 22.5. The van der Waals surface area contributed by atoms with Gasteiger partial charge in [-0.05, 0) is 53.6 Å². The first-order valence-corrected chi connectivity index (χ1v) is 10.0. The molecule has 160 valence electrons. The van der Waals surface area contributed by atoms with Crippen LogP contribution in [0, 0.1) is 0 Å². The first kappa shape index (κ1) is 21.0. The molecule has 0 amide bonds. The van der Waals surface area contributed by atoms with Gasteiger partial charge in [0, 0.05) is 11.6 Å². The van der Waals surface area contributed by atoms with E-state index in [0.29, 0.717) is 11.1 Å². The van der Waals surface area contributed by atoms with E-state index < -0.39 is 0 Å². The summed E-state index contributed by atoms with van der Waals surface area (Å²) in [4.78, 5) is 0. The third-order valence-electron chi connectivity index (χ3n) is 5.07. The quantitative estimate of drug-likeness (QED) is 0.272. The summed E-state index contributed by atoms with van der Waals surface area (Å²) in [6.45, 7) is 0. The highest BCUT2D eigenvalue weighted by Gasteiger charge is 2.21. The van der Waals surface area contributed by atoms with Crippen LogP contribution in [0.1, 0.15) is 22.5 Å². The van der Waals surface area contributed by atoms with E-state index in [1.807, 2.05) is 78.9 Å². The summed E-state index contributed by atoms with van der Waals surface area (Å²) in [7, 11) is 3.26. The fourth-order valence-electron chi connectivity index (χ4n) is 3.28. The maximum absolute atomic E-state index is 10.4. The molecule has 0 radical (unpaired) electrons. The second-order valence-electron chi connectivity index (χ2n) is 7.13. The van der Waals surface area contributed by atoms with Gasteiger partial charge in [0.1, 0.15) is 11.5 Å². The molecule has 4 aromatic rings. The molecular formula is C27H23O5+. The van der Waals surface area contributed by atoms with Crippen LogP contribution >= 0.6 is 0 Å². The van der Waals surface area contributed by atoms with Gasteiger partial charge in [0.2, 0.25) is 0 Å². The van der Waals surface area contributed by atoms with Crippen LogP contribution in [0.4, 0.5) is 0 Å². The maximum Gasteiger partial charge on any atom is 0.406 e. The summed E-state index contributed by atoms with van der Waals surface area (Å²) in [5.41, 5.74) is 3.03. The van der Waals surface area contributed by atoms with Crippen molar-refractivity contribution in [2.45, 2.75) is 0 Å². The van der Waals surface area contributed by atoms with Gasteiger partial charge < -0.3 is 19.7 Å². The average molecular weight is 427 g/mol. The maximum atomic E-state index is 10.4. The number of benzene rings is 3. The highest BCUT2D eigenvalue weighted by molar-refractivity contribution is 5.94. The second kappa shape index (κ2) is 9.27. The van der Waals surface area contributed by atoms with Crippen molar-refractivity contribution < 1.29 is 24.1 Å². The number of phenols is 2. The van der Waals surface area contributed by atoms with Gasteiger partial charge in [-0.2, -0.15) is 0 Å². The lowest BCUT2D eigenvalue weighted by Gasteiger charge is -2.01. The molecule has 0 saturated heterocycles. The lowest BCUT2D eigenvalue weighted by atomic mass is 10.1. The van der Waals surface area contributed by atoms with Crippen molar-refractivity contribution in [1.29, 1.82) is 0 Å². The van der Waals surface area contributed by atoms with Gasteiger partial charge in [0.15, 0.2) is 5.75 Å². The van der Waals surface area contributed by atoms with Crippen molar-refractivity contribution in [3.05, 3.63) is 89.2 Å². The third-order valence-corrected chi connectivity index (χ3v) is 5.07. The second-order valence-corrected chi connectivity index (χ2v) is 7.13. The minimum Gasteiger partial charge on any atom is -0.504 e. The molecule has 32 heavy (non-hydrogen) atoms. The summed E-state index contributed by atoms with van der Waals surface area (Å²) in [6, 6.07) is 20.4. The molecule has 0 aliphatic rings. The molecule has 4 rings (SSSR count). The van der Waals surface area contributed by atoms with Crippen LogP contribution in [-0.2, 0) is 0 Å². The number of phenolic OH excluding ortho intramolecular Hbond substituents is 2. The predicted octanol–water partition coefficient (Wildman–Crippen LogP) is 6.48. The van der Waals surface area contributed by atoms with Gasteiger partial charge >= 0.3 is 11.3 Å². The van der Waals surface area contributed by atoms with Crippen LogP contribution in [0.15, 0.2) is 71.1 Å². The molecule has 1 aromatic heterocycles. The van der Waals surface area contributed by atoms with E-state index >= 15 is 0 Å². The van der Waals surface area contributed by atoms with Gasteiger partial charge in [0.05, 0.1) is 25.7 Å². The first-order valence-electron chi connectivity index (χ1n) is 10.0. The number of fused-ring (bicyclic) bond motifs is 1. The molecule has 0 bridgehead atoms. The Morgan fingerprint density at radius 3 is 1.81 bits per heavy atom. The van der Waals surface area contributed by atoms with E-state index in [1.54, 1.807) is 20.3 Å². The summed E-state index contributed by atoms with van der Waals surface area (Å²) < 4.78 is 16.3. The molecule has 0 spiro atoms. The zero-order valence-corrected chi connectivity index (χ0v) is 17.8. The summed E-state index contributed by atoms with van der Waals surface area (Å²) in [5.74, 6) is 1.58. The van der Waals surface area contributed by atoms with E-state index in [2.05, 4.69) is 0 Å². The Hall–Kier alpha value is -4.25. The normalized spacial score (nSPS) is 11.4. The molecule has 0 atom stereocenters. The van der Waals surface area contributed by atoms with Gasteiger partial charge in [-0.15, -0.1) is 0 Å². The number of hydrogen-bond donors (Lipinski definition) is 2. The largest absolute Gasteiger partial charge is 0.504 e. The van der Waals surface area contributed by atoms with Crippen LogP contribution in [-0.4, -0.2) is 24.4 Å². The Morgan fingerprint density at radius 1 is 0.688 bits per heavy atom. The van der Waals surface area contributed by atoms with Crippen molar-refractivity contribution in [3.63, 3.8) is 0 Å². The molecule has 0 saturated carbocycles. The van der Waals surface area contributed by atoms with Gasteiger partial charge in [-0.25, -0.2) is 4.42 Å². The molecule has 0 aliphatic carbocycles. The topological polar surface area (TPSA) is 70.2 Å². The fraction of sp³-hybridized carbons (Fsp3) is 0.0741. The number of aromatic hydroxyl groups is 2. The summed E-state index contributed by atoms with van der Waals surface area (Å²) in [6.07, 6.45) is 7.63. The Kier molecular flexibility index (Phi) is 6.08. The number of ether oxygens (including phenoxy) is 2. The van der Waals surface area contributed by atoms with Crippen LogP contribution < -0.4 is 9.47 Å². The van der Waals surface area contributed by atoms with Crippen molar-refractivity contribution in [1.82, 2.24) is 0 Å². The minimum absolute atomic E-state index is 0.219. The van der Waals surface area contributed by atoms with Crippen molar-refractivity contribution >= 4 is 35.3 Å². The molecule has 0 unspecified atom stereocenters. The fourth-order valence-corrected chi connectivity index (χ4v) is 3.28. The smallest absolute Gasteiger partial charge is 0.406 e. The van der Waals surface area contributed by atoms with E-state index in [4.69, 9.17) is 13.9 Å². The Bertz CT molecular complexity index is 1290. The average Bonchev–Trinajstić information content (AvgIpc) is 2.84. The van der Waals surface area contributed by atoms with Gasteiger partial charge in [0.25, 0.3) is 5.75 Å². The Morgan fingerprint density at radius 2 is 1.25 bits per heavy atom. The lowest BCUT2D eigenvalue weighted by molar-refractivity contribution is 0.399. The van der Waals surface area contributed by atoms with Gasteiger partial charge in [-0.1, -0.05) is 36.4 Å². The van der Waals surface area contributed by atoms with Crippen LogP contribution in [0.5, 0.6) is 23.0 Å². The highest BCUT2D eigenvalue weighted by atomic mass is 16.5. The molecule has 5 heteroatoms. The van der Waals surface area contributed by atoms with E-state index in [-0.39, 0.29) is 17.1 Å². The van der Waals surface area contributed by atoms with Gasteiger partial charge in [-0.3, -0.25) is 0 Å². The highest BCUT2D eigenvalue weighted by Crippen LogP contribution is 2.36. The molecule has 1 heterocycles. The number of hydrogen-bond acceptors (Lipinski definition) is 4. The summed E-state index contributed by atoms with van der Waals surface area (Å²) in [5, 5.41) is 21.0. The zero-order valence-electron chi connectivity index (χ0n) is 17.8. The molecule has 2 N–H and O–H groups in total. The summed E-state index contributed by atoms with van der Waals surface area (Å²) >= 11 is 0. The van der Waals surface area contributed by atoms with Crippen molar-refractivity contribution in [3.8, 4) is 23.0 Å². The lowest BCUT2D eigenvalue weighted by Crippen LogP contribution is -1.85. The Labute approximate surface area is 186 Å². The molecular weight excluding hydrogens is 404 g/mol. The standard InChI is InChI=1S/C27H22O5/c1-30-21-10-4-18(5-11-21)3-9-20-17-23(14-8-19-6-12-22(31-2)13-7-19)32-27-24(20)15-16-25(28)26(27)29/h3-17H,1-2H3,(H-,28,29)/p+1. The van der Waals surface area contributed by atoms with Crippen molar-refractivity contribution in [2.24, 2.45) is 0 Å². The molecule has 0 fully saturated rings. The van der Waals surface area contributed by atoms with Crippen molar-refractivity contribution in [2.75, 3.05) is 14.2 Å². The molecule has 3 aromatic carbocycles. The Balaban J connectivity index is 1.73. The first-order chi connectivity index (χ1) is 15.6. The number of methoxy groups -OCH3 is 2. The van der Waals surface area contributed by atoms with Crippen LogP contribution in [0.25, 0.3) is 35.3 Å². The molecule has 5 nitrogen and oxygen atoms in total. The SMILES string of the molecule is COc1ccc(C=Cc2cc(C=Cc3ccc(OC)cc3)c3ccc(O)c(O)c3[o+]2)cc1. The molecule has 0 aliphatic heterocycles. The minimum atomic E-state index is -0.290. The van der Waals surface area contributed by atoms with Crippen LogP contribution in [0.3, 0.4) is 0 Å².